The Hall–Kier alpha value is -0.130. The van der Waals surface area contributed by atoms with Crippen molar-refractivity contribution in [3.05, 3.63) is 0 Å². The summed E-state index contributed by atoms with van der Waals surface area (Å²) in [7, 11) is -2.83. The predicted octanol–water partition coefficient (Wildman–Crippen LogP) is 1.26. The second kappa shape index (κ2) is 5.34. The van der Waals surface area contributed by atoms with Crippen molar-refractivity contribution in [3.63, 3.8) is 0 Å². The first-order valence-electron chi connectivity index (χ1n) is 7.47. The summed E-state index contributed by atoms with van der Waals surface area (Å²) in [5, 5.41) is 0. The highest BCUT2D eigenvalue weighted by Crippen LogP contribution is 2.37. The van der Waals surface area contributed by atoms with E-state index in [1.807, 2.05) is 0 Å². The van der Waals surface area contributed by atoms with E-state index < -0.39 is 9.84 Å². The number of hydrogen-bond acceptors (Lipinski definition) is 4. The van der Waals surface area contributed by atoms with Crippen molar-refractivity contribution < 1.29 is 8.42 Å². The molecule has 0 aromatic carbocycles. The molecule has 0 bridgehead atoms. The second-order valence-electron chi connectivity index (χ2n) is 6.79. The molecule has 0 radical (unpaired) electrons. The van der Waals surface area contributed by atoms with Crippen molar-refractivity contribution in [2.45, 2.75) is 51.6 Å². The molecule has 2 fully saturated rings. The van der Waals surface area contributed by atoms with Gasteiger partial charge in [0.2, 0.25) is 0 Å². The normalized spacial score (nSPS) is 39.1. The highest BCUT2D eigenvalue weighted by molar-refractivity contribution is 7.91. The van der Waals surface area contributed by atoms with Crippen LogP contribution < -0.4 is 5.73 Å². The van der Waals surface area contributed by atoms with Crippen LogP contribution in [-0.2, 0) is 9.84 Å². The monoisotopic (exact) mass is 288 g/mol. The lowest BCUT2D eigenvalue weighted by Gasteiger charge is -2.53. The molecule has 112 valence electrons. The maximum atomic E-state index is 11.7. The summed E-state index contributed by atoms with van der Waals surface area (Å²) in [6.07, 6.45) is 2.67. The fourth-order valence-corrected chi connectivity index (χ4v) is 5.45. The fourth-order valence-electron chi connectivity index (χ4n) is 3.87. The molecular formula is C14H28N2O2S. The van der Waals surface area contributed by atoms with E-state index >= 15 is 0 Å². The van der Waals surface area contributed by atoms with E-state index in [0.717, 1.165) is 6.54 Å². The molecule has 0 spiro atoms. The van der Waals surface area contributed by atoms with E-state index in [1.165, 1.54) is 6.42 Å². The molecule has 2 aliphatic rings. The molecule has 2 heterocycles. The van der Waals surface area contributed by atoms with Gasteiger partial charge in [-0.05, 0) is 38.0 Å². The average molecular weight is 288 g/mol. The van der Waals surface area contributed by atoms with E-state index in [9.17, 15) is 8.42 Å². The number of nitrogens with two attached hydrogens (primary N) is 1. The van der Waals surface area contributed by atoms with Crippen LogP contribution in [0.1, 0.15) is 40.0 Å². The Kier molecular flexibility index (Phi) is 4.29. The molecule has 0 amide bonds. The zero-order chi connectivity index (χ0) is 14.3. The van der Waals surface area contributed by atoms with Gasteiger partial charge in [-0.2, -0.15) is 0 Å². The molecule has 2 aliphatic heterocycles. The summed E-state index contributed by atoms with van der Waals surface area (Å²) in [5.41, 5.74) is 5.98. The Morgan fingerprint density at radius 3 is 2.32 bits per heavy atom. The number of hydrogen-bond donors (Lipinski definition) is 1. The van der Waals surface area contributed by atoms with Crippen LogP contribution in [0.15, 0.2) is 0 Å². The largest absolute Gasteiger partial charge is 0.329 e. The summed E-state index contributed by atoms with van der Waals surface area (Å²) >= 11 is 0. The van der Waals surface area contributed by atoms with Crippen molar-refractivity contribution in [1.82, 2.24) is 4.90 Å². The minimum Gasteiger partial charge on any atom is -0.329 e. The second-order valence-corrected chi connectivity index (χ2v) is 9.10. The standard InChI is InChI=1S/C14H28N2O2S/c1-11-8-12(2)13(3)16(9-11)14(10-15)4-6-19(17,18)7-5-14/h11-13H,4-10,15H2,1-3H3. The van der Waals surface area contributed by atoms with Crippen molar-refractivity contribution >= 4 is 9.84 Å². The van der Waals surface area contributed by atoms with Gasteiger partial charge in [-0.1, -0.05) is 13.8 Å². The van der Waals surface area contributed by atoms with Gasteiger partial charge in [0.1, 0.15) is 9.84 Å². The van der Waals surface area contributed by atoms with Crippen LogP contribution in [0, 0.1) is 11.8 Å². The van der Waals surface area contributed by atoms with Crippen LogP contribution >= 0.6 is 0 Å². The molecule has 2 N–H and O–H groups in total. The third-order valence-electron chi connectivity index (χ3n) is 5.34. The molecule has 0 saturated carbocycles. The van der Waals surface area contributed by atoms with Crippen LogP contribution in [0.3, 0.4) is 0 Å². The summed E-state index contributed by atoms with van der Waals surface area (Å²) in [6.45, 7) is 8.50. The van der Waals surface area contributed by atoms with Gasteiger partial charge in [0.05, 0.1) is 11.5 Å². The summed E-state index contributed by atoms with van der Waals surface area (Å²) in [5.74, 6) is 1.94. The average Bonchev–Trinajstić information content (AvgIpc) is 2.35. The maximum Gasteiger partial charge on any atom is 0.150 e. The molecule has 0 aromatic heterocycles. The van der Waals surface area contributed by atoms with Gasteiger partial charge in [-0.15, -0.1) is 0 Å². The minimum absolute atomic E-state index is 0.0896. The van der Waals surface area contributed by atoms with Crippen LogP contribution in [-0.4, -0.2) is 49.5 Å². The van der Waals surface area contributed by atoms with Gasteiger partial charge < -0.3 is 5.73 Å². The van der Waals surface area contributed by atoms with E-state index in [1.54, 1.807) is 0 Å². The molecule has 0 aliphatic carbocycles. The van der Waals surface area contributed by atoms with Gasteiger partial charge in [0, 0.05) is 24.7 Å². The molecule has 2 rings (SSSR count). The smallest absolute Gasteiger partial charge is 0.150 e. The number of nitrogens with zero attached hydrogens (tertiary/aromatic N) is 1. The molecule has 5 heteroatoms. The molecule has 19 heavy (non-hydrogen) atoms. The van der Waals surface area contributed by atoms with Gasteiger partial charge in [0.15, 0.2) is 0 Å². The van der Waals surface area contributed by atoms with E-state index in [-0.39, 0.29) is 5.54 Å². The van der Waals surface area contributed by atoms with Gasteiger partial charge >= 0.3 is 0 Å². The van der Waals surface area contributed by atoms with Crippen LogP contribution in [0.5, 0.6) is 0 Å². The van der Waals surface area contributed by atoms with Gasteiger partial charge in [-0.3, -0.25) is 4.90 Å². The maximum absolute atomic E-state index is 11.7. The Bertz CT molecular complexity index is 407. The summed E-state index contributed by atoms with van der Waals surface area (Å²) < 4.78 is 23.4. The van der Waals surface area contributed by atoms with Gasteiger partial charge in [0.25, 0.3) is 0 Å². The summed E-state index contributed by atoms with van der Waals surface area (Å²) in [4.78, 5) is 2.53. The lowest BCUT2D eigenvalue weighted by Crippen LogP contribution is -2.64. The summed E-state index contributed by atoms with van der Waals surface area (Å²) in [6, 6.07) is 0.501. The van der Waals surface area contributed by atoms with Crippen LogP contribution in [0.4, 0.5) is 0 Å². The number of sulfone groups is 1. The molecule has 3 unspecified atom stereocenters. The highest BCUT2D eigenvalue weighted by Gasteiger charge is 2.45. The fraction of sp³-hybridized carbons (Fsp3) is 1.00. The first kappa shape index (κ1) is 15.3. The SMILES string of the molecule is CC1CC(C)C(C)N(C2(CN)CCS(=O)(=O)CC2)C1. The van der Waals surface area contributed by atoms with E-state index in [0.29, 0.717) is 48.8 Å². The zero-order valence-electron chi connectivity index (χ0n) is 12.4. The van der Waals surface area contributed by atoms with Crippen molar-refractivity contribution in [2.24, 2.45) is 17.6 Å². The topological polar surface area (TPSA) is 63.4 Å². The molecule has 4 nitrogen and oxygen atoms in total. The van der Waals surface area contributed by atoms with Crippen LogP contribution in [0.25, 0.3) is 0 Å². The van der Waals surface area contributed by atoms with Crippen LogP contribution in [0.2, 0.25) is 0 Å². The first-order chi connectivity index (χ1) is 8.80. The van der Waals surface area contributed by atoms with E-state index in [2.05, 4.69) is 25.7 Å². The van der Waals surface area contributed by atoms with Crippen molar-refractivity contribution in [1.29, 1.82) is 0 Å². The Morgan fingerprint density at radius 1 is 1.21 bits per heavy atom. The third kappa shape index (κ3) is 2.98. The highest BCUT2D eigenvalue weighted by atomic mass is 32.2. The molecule has 2 saturated heterocycles. The number of rotatable bonds is 2. The predicted molar refractivity (Wildman–Crippen MR) is 78.8 cm³/mol. The number of piperidine rings is 1. The Balaban J connectivity index is 2.21. The Morgan fingerprint density at radius 2 is 1.79 bits per heavy atom. The zero-order valence-corrected chi connectivity index (χ0v) is 13.2. The molecular weight excluding hydrogens is 260 g/mol. The van der Waals surface area contributed by atoms with Gasteiger partial charge in [-0.25, -0.2) is 8.42 Å². The molecule has 3 atom stereocenters. The van der Waals surface area contributed by atoms with E-state index in [4.69, 9.17) is 5.73 Å². The lowest BCUT2D eigenvalue weighted by atomic mass is 9.79. The lowest BCUT2D eigenvalue weighted by molar-refractivity contribution is -0.0214. The quantitative estimate of drug-likeness (QED) is 0.831. The van der Waals surface area contributed by atoms with Crippen molar-refractivity contribution in [2.75, 3.05) is 24.6 Å². The third-order valence-corrected chi connectivity index (χ3v) is 7.00. The number of likely N-dealkylation sites (tertiary alicyclic amines) is 1. The first-order valence-corrected chi connectivity index (χ1v) is 9.29. The minimum atomic E-state index is -2.83. The Labute approximate surface area is 117 Å². The van der Waals surface area contributed by atoms with Crippen molar-refractivity contribution in [3.8, 4) is 0 Å². The molecule has 0 aromatic rings.